The Bertz CT molecular complexity index is 1470. The Balaban J connectivity index is 1.42. The van der Waals surface area contributed by atoms with Crippen molar-refractivity contribution in [3.8, 4) is 5.69 Å². The number of para-hydroxylation sites is 2. The van der Waals surface area contributed by atoms with Crippen molar-refractivity contribution >= 4 is 33.4 Å². The van der Waals surface area contributed by atoms with Crippen LogP contribution in [0, 0.1) is 6.92 Å². The van der Waals surface area contributed by atoms with Crippen LogP contribution in [0.1, 0.15) is 46.1 Å². The van der Waals surface area contributed by atoms with Gasteiger partial charge in [-0.1, -0.05) is 54.1 Å². The van der Waals surface area contributed by atoms with E-state index in [0.717, 1.165) is 45.5 Å². The second kappa shape index (κ2) is 9.10. The summed E-state index contributed by atoms with van der Waals surface area (Å²) in [6.07, 6.45) is 3.89. The van der Waals surface area contributed by atoms with E-state index in [9.17, 15) is 9.59 Å². The minimum atomic E-state index is -0.290. The number of fused-ring (bicyclic) bond motifs is 3. The van der Waals surface area contributed by atoms with Crippen LogP contribution in [0.3, 0.4) is 0 Å². The molecule has 2 aliphatic rings. The van der Waals surface area contributed by atoms with Gasteiger partial charge in [0, 0.05) is 16.7 Å². The number of anilines is 1. The van der Waals surface area contributed by atoms with Crippen molar-refractivity contribution in [2.45, 2.75) is 31.8 Å². The first-order chi connectivity index (χ1) is 17.5. The summed E-state index contributed by atoms with van der Waals surface area (Å²) in [7, 11) is 0. The molecule has 2 heterocycles. The third-order valence-corrected chi connectivity index (χ3v) is 7.70. The molecule has 180 valence electrons. The summed E-state index contributed by atoms with van der Waals surface area (Å²) in [5.41, 5.74) is 5.61. The predicted octanol–water partition coefficient (Wildman–Crippen LogP) is 6.29. The molecule has 0 bridgehead atoms. The molecule has 5 nitrogen and oxygen atoms in total. The van der Waals surface area contributed by atoms with Crippen molar-refractivity contribution in [2.75, 3.05) is 11.4 Å². The van der Waals surface area contributed by atoms with Crippen molar-refractivity contribution in [1.29, 1.82) is 0 Å². The second-order valence-electron chi connectivity index (χ2n) is 9.52. The first-order valence-electron chi connectivity index (χ1n) is 12.2. The van der Waals surface area contributed by atoms with E-state index < -0.39 is 0 Å². The molecule has 0 saturated heterocycles. The average molecular weight is 540 g/mol. The number of halogens is 1. The molecule has 1 aliphatic carbocycles. The van der Waals surface area contributed by atoms with Gasteiger partial charge in [-0.05, 0) is 77.7 Å². The van der Waals surface area contributed by atoms with Gasteiger partial charge in [0.1, 0.15) is 12.6 Å². The molecular weight excluding hydrogens is 514 g/mol. The minimum absolute atomic E-state index is 0.0300. The molecule has 36 heavy (non-hydrogen) atoms. The van der Waals surface area contributed by atoms with Crippen molar-refractivity contribution in [3.63, 3.8) is 0 Å². The third-order valence-electron chi connectivity index (χ3n) is 7.00. The van der Waals surface area contributed by atoms with Crippen LogP contribution in [0.15, 0.2) is 95.6 Å². The predicted molar refractivity (Wildman–Crippen MR) is 144 cm³/mol. The Morgan fingerprint density at radius 1 is 0.917 bits per heavy atom. The maximum Gasteiger partial charge on any atom is 0.255 e. The summed E-state index contributed by atoms with van der Waals surface area (Å²) >= 11 is 3.51. The highest BCUT2D eigenvalue weighted by Crippen LogP contribution is 2.43. The zero-order valence-corrected chi connectivity index (χ0v) is 21.6. The first kappa shape index (κ1) is 22.8. The topological polar surface area (TPSA) is 45.6 Å². The van der Waals surface area contributed by atoms with Crippen LogP contribution in [-0.4, -0.2) is 33.9 Å². The number of benzene rings is 3. The van der Waals surface area contributed by atoms with Crippen molar-refractivity contribution in [3.05, 3.63) is 118 Å². The summed E-state index contributed by atoms with van der Waals surface area (Å²) in [4.78, 5) is 31.5. The van der Waals surface area contributed by atoms with E-state index in [4.69, 9.17) is 0 Å². The average Bonchev–Trinajstić information content (AvgIpc) is 3.61. The molecule has 2 amide bonds. The lowest BCUT2D eigenvalue weighted by Crippen LogP contribution is -2.47. The third kappa shape index (κ3) is 3.95. The minimum Gasteiger partial charge on any atom is -0.326 e. The highest BCUT2D eigenvalue weighted by atomic mass is 79.9. The van der Waals surface area contributed by atoms with Crippen LogP contribution >= 0.6 is 15.9 Å². The smallest absolute Gasteiger partial charge is 0.255 e. The fourth-order valence-electron chi connectivity index (χ4n) is 5.18. The van der Waals surface area contributed by atoms with Crippen LogP contribution in [0.2, 0.25) is 0 Å². The van der Waals surface area contributed by atoms with Gasteiger partial charge in [-0.3, -0.25) is 14.5 Å². The van der Waals surface area contributed by atoms with E-state index in [-0.39, 0.29) is 30.4 Å². The van der Waals surface area contributed by atoms with Gasteiger partial charge >= 0.3 is 0 Å². The van der Waals surface area contributed by atoms with Crippen molar-refractivity contribution in [2.24, 2.45) is 0 Å². The number of carbonyl (C=O) groups is 2. The van der Waals surface area contributed by atoms with Gasteiger partial charge in [-0.2, -0.15) is 0 Å². The zero-order valence-electron chi connectivity index (χ0n) is 20.0. The Labute approximate surface area is 219 Å². The molecule has 6 heteroatoms. The molecule has 6 rings (SSSR count). The Hall–Kier alpha value is -3.64. The van der Waals surface area contributed by atoms with Gasteiger partial charge in [0.25, 0.3) is 5.91 Å². The van der Waals surface area contributed by atoms with Gasteiger partial charge in [-0.25, -0.2) is 0 Å². The standard InChI is InChI=1S/C30H26BrN3O2/c1-20-8-6-9-21(18-20)29-27-14-7-17-32(27)25-12-4-5-13-26(25)34(29)28(35)19-33(22-15-16-22)30(36)23-10-2-3-11-24(23)31/h2-14,17-18,22,29H,15-16,19H2,1H3. The largest absolute Gasteiger partial charge is 0.326 e. The summed E-state index contributed by atoms with van der Waals surface area (Å²) in [6, 6.07) is 27.6. The van der Waals surface area contributed by atoms with E-state index in [1.165, 1.54) is 0 Å². The number of rotatable bonds is 5. The number of nitrogens with zero attached hydrogens (tertiary/aromatic N) is 3. The first-order valence-corrected chi connectivity index (χ1v) is 13.0. The fraction of sp³-hybridized carbons (Fsp3) is 0.200. The van der Waals surface area contributed by atoms with E-state index >= 15 is 0 Å². The lowest BCUT2D eigenvalue weighted by molar-refractivity contribution is -0.119. The molecular formula is C30H26BrN3O2. The highest BCUT2D eigenvalue weighted by Gasteiger charge is 2.40. The molecule has 3 aromatic carbocycles. The van der Waals surface area contributed by atoms with Gasteiger partial charge in [-0.15, -0.1) is 0 Å². The maximum atomic E-state index is 14.2. The quantitative estimate of drug-likeness (QED) is 0.299. The zero-order chi connectivity index (χ0) is 24.8. The number of carbonyl (C=O) groups excluding carboxylic acids is 2. The summed E-state index contributed by atoms with van der Waals surface area (Å²) in [5.74, 6) is -0.201. The van der Waals surface area contributed by atoms with Gasteiger partial charge in [0.2, 0.25) is 5.91 Å². The van der Waals surface area contributed by atoms with Crippen molar-refractivity contribution < 1.29 is 9.59 Å². The maximum absolute atomic E-state index is 14.2. The Kier molecular flexibility index (Phi) is 5.76. The van der Waals surface area contributed by atoms with Crippen LogP contribution in [0.5, 0.6) is 0 Å². The highest BCUT2D eigenvalue weighted by molar-refractivity contribution is 9.10. The molecule has 1 fully saturated rings. The monoisotopic (exact) mass is 539 g/mol. The molecule has 0 spiro atoms. The van der Waals surface area contributed by atoms with Crippen molar-refractivity contribution in [1.82, 2.24) is 9.47 Å². The normalized spacial score (nSPS) is 16.3. The van der Waals surface area contributed by atoms with Gasteiger partial charge in [0.05, 0.1) is 22.6 Å². The molecule has 1 saturated carbocycles. The van der Waals surface area contributed by atoms with Gasteiger partial charge in [0.15, 0.2) is 0 Å². The van der Waals surface area contributed by atoms with Crippen LogP contribution in [-0.2, 0) is 4.79 Å². The lowest BCUT2D eigenvalue weighted by atomic mass is 9.96. The molecule has 0 radical (unpaired) electrons. The van der Waals surface area contributed by atoms with E-state index in [1.54, 1.807) is 4.90 Å². The van der Waals surface area contributed by atoms with Crippen LogP contribution in [0.25, 0.3) is 5.69 Å². The van der Waals surface area contributed by atoms with Gasteiger partial charge < -0.3 is 9.47 Å². The number of amides is 2. The molecule has 1 aliphatic heterocycles. The number of hydrogen-bond donors (Lipinski definition) is 0. The summed E-state index contributed by atoms with van der Waals surface area (Å²) in [5, 5.41) is 0. The summed E-state index contributed by atoms with van der Waals surface area (Å²) < 4.78 is 2.91. The fourth-order valence-corrected chi connectivity index (χ4v) is 5.64. The van der Waals surface area contributed by atoms with Crippen LogP contribution in [0.4, 0.5) is 5.69 Å². The number of aromatic nitrogens is 1. The Morgan fingerprint density at radius 3 is 2.42 bits per heavy atom. The van der Waals surface area contributed by atoms with E-state index in [1.807, 2.05) is 71.8 Å². The molecule has 1 unspecified atom stereocenters. The number of aryl methyl sites for hydroxylation is 1. The summed E-state index contributed by atoms with van der Waals surface area (Å²) in [6.45, 7) is 2.10. The molecule has 1 atom stereocenters. The molecule has 4 aromatic rings. The SMILES string of the molecule is Cc1cccc(C2c3cccn3-c3ccccc3N2C(=O)CN(C(=O)c2ccccc2Br)C2CC2)c1. The Morgan fingerprint density at radius 2 is 1.67 bits per heavy atom. The van der Waals surface area contributed by atoms with E-state index in [2.05, 4.69) is 51.7 Å². The lowest BCUT2D eigenvalue weighted by Gasteiger charge is -2.39. The van der Waals surface area contributed by atoms with E-state index in [0.29, 0.717) is 5.56 Å². The molecule has 0 N–H and O–H groups in total. The van der Waals surface area contributed by atoms with Crippen LogP contribution < -0.4 is 4.90 Å². The second-order valence-corrected chi connectivity index (χ2v) is 10.4. The number of hydrogen-bond acceptors (Lipinski definition) is 2. The molecule has 1 aromatic heterocycles.